The molecule has 3 unspecified atom stereocenters. The van der Waals surface area contributed by atoms with Crippen LogP contribution in [-0.4, -0.2) is 29.0 Å². The van der Waals surface area contributed by atoms with Crippen molar-refractivity contribution in [2.75, 3.05) is 13.1 Å². The molecule has 0 aliphatic carbocycles. The molecule has 0 radical (unpaired) electrons. The van der Waals surface area contributed by atoms with Crippen molar-refractivity contribution in [1.82, 2.24) is 9.88 Å². The molecule has 2 heterocycles. The van der Waals surface area contributed by atoms with Crippen molar-refractivity contribution in [3.63, 3.8) is 0 Å². The lowest BCUT2D eigenvalue weighted by molar-refractivity contribution is 0.124. The number of pyridine rings is 1. The molecule has 1 aromatic rings. The SMILES string of the molecule is CC1CN(C(C)c2cncc(F)c2)CCC1N. The molecule has 94 valence electrons. The Bertz CT molecular complexity index is 383. The smallest absolute Gasteiger partial charge is 0.141 e. The van der Waals surface area contributed by atoms with Crippen molar-refractivity contribution in [3.05, 3.63) is 29.8 Å². The van der Waals surface area contributed by atoms with Gasteiger partial charge in [-0.15, -0.1) is 0 Å². The highest BCUT2D eigenvalue weighted by molar-refractivity contribution is 5.14. The fourth-order valence-electron chi connectivity index (χ4n) is 2.42. The quantitative estimate of drug-likeness (QED) is 0.855. The van der Waals surface area contributed by atoms with Crippen LogP contribution in [0, 0.1) is 11.7 Å². The summed E-state index contributed by atoms with van der Waals surface area (Å²) in [5, 5.41) is 0. The Balaban J connectivity index is 2.07. The minimum Gasteiger partial charge on any atom is -0.327 e. The maximum atomic E-state index is 13.1. The van der Waals surface area contributed by atoms with Gasteiger partial charge in [-0.2, -0.15) is 0 Å². The summed E-state index contributed by atoms with van der Waals surface area (Å²) in [4.78, 5) is 6.26. The number of likely N-dealkylation sites (tertiary alicyclic amines) is 1. The third-order valence-corrected chi connectivity index (χ3v) is 3.76. The maximum Gasteiger partial charge on any atom is 0.141 e. The fraction of sp³-hybridized carbons (Fsp3) is 0.615. The van der Waals surface area contributed by atoms with Crippen LogP contribution in [0.1, 0.15) is 31.9 Å². The van der Waals surface area contributed by atoms with Gasteiger partial charge in [0.15, 0.2) is 0 Å². The zero-order chi connectivity index (χ0) is 12.4. The molecule has 1 saturated heterocycles. The zero-order valence-electron chi connectivity index (χ0n) is 10.4. The average Bonchev–Trinajstić information content (AvgIpc) is 2.32. The molecule has 3 nitrogen and oxygen atoms in total. The number of nitrogens with two attached hydrogens (primary N) is 1. The van der Waals surface area contributed by atoms with E-state index < -0.39 is 0 Å². The molecule has 0 aromatic carbocycles. The highest BCUT2D eigenvalue weighted by Gasteiger charge is 2.26. The molecule has 4 heteroatoms. The van der Waals surface area contributed by atoms with E-state index in [2.05, 4.69) is 23.7 Å². The van der Waals surface area contributed by atoms with E-state index in [1.54, 1.807) is 12.3 Å². The number of piperidine rings is 1. The van der Waals surface area contributed by atoms with E-state index in [1.165, 1.54) is 6.20 Å². The lowest BCUT2D eigenvalue weighted by Gasteiger charge is -2.38. The number of halogens is 1. The monoisotopic (exact) mass is 237 g/mol. The Morgan fingerprint density at radius 3 is 2.94 bits per heavy atom. The minimum atomic E-state index is -0.267. The molecule has 2 N–H and O–H groups in total. The Labute approximate surface area is 102 Å². The minimum absolute atomic E-state index is 0.202. The van der Waals surface area contributed by atoms with E-state index in [0.717, 1.165) is 25.1 Å². The van der Waals surface area contributed by atoms with E-state index in [9.17, 15) is 4.39 Å². The van der Waals surface area contributed by atoms with Gasteiger partial charge in [0.2, 0.25) is 0 Å². The van der Waals surface area contributed by atoms with Crippen molar-refractivity contribution in [3.8, 4) is 0 Å². The molecule has 1 aromatic heterocycles. The third-order valence-electron chi connectivity index (χ3n) is 3.76. The van der Waals surface area contributed by atoms with Crippen molar-refractivity contribution in [2.24, 2.45) is 11.7 Å². The Kier molecular flexibility index (Phi) is 3.74. The predicted octanol–water partition coefficient (Wildman–Crippen LogP) is 1.95. The number of rotatable bonds is 2. The largest absolute Gasteiger partial charge is 0.327 e. The average molecular weight is 237 g/mol. The van der Waals surface area contributed by atoms with Gasteiger partial charge in [-0.25, -0.2) is 4.39 Å². The normalized spacial score (nSPS) is 28.0. The van der Waals surface area contributed by atoms with Gasteiger partial charge in [-0.05, 0) is 30.9 Å². The number of hydrogen-bond acceptors (Lipinski definition) is 3. The highest BCUT2D eigenvalue weighted by Crippen LogP contribution is 2.25. The molecule has 17 heavy (non-hydrogen) atoms. The van der Waals surface area contributed by atoms with Crippen molar-refractivity contribution in [1.29, 1.82) is 0 Å². The first-order chi connectivity index (χ1) is 8.08. The molecule has 3 atom stereocenters. The number of hydrogen-bond donors (Lipinski definition) is 1. The highest BCUT2D eigenvalue weighted by atomic mass is 19.1. The molecule has 1 aliphatic rings. The van der Waals surface area contributed by atoms with Gasteiger partial charge in [-0.3, -0.25) is 9.88 Å². The summed E-state index contributed by atoms with van der Waals surface area (Å²) >= 11 is 0. The number of nitrogens with zero attached hydrogens (tertiary/aromatic N) is 2. The summed E-state index contributed by atoms with van der Waals surface area (Å²) in [6.07, 6.45) is 3.99. The molecule has 1 fully saturated rings. The van der Waals surface area contributed by atoms with Crippen LogP contribution in [0.3, 0.4) is 0 Å². The maximum absolute atomic E-state index is 13.1. The molecule has 0 bridgehead atoms. The molecule has 0 spiro atoms. The van der Waals surface area contributed by atoms with Crippen LogP contribution in [-0.2, 0) is 0 Å². The molecule has 0 saturated carbocycles. The van der Waals surface area contributed by atoms with Crippen LogP contribution in [0.15, 0.2) is 18.5 Å². The third kappa shape index (κ3) is 2.82. The summed E-state index contributed by atoms with van der Waals surface area (Å²) in [6, 6.07) is 2.06. The van der Waals surface area contributed by atoms with Gasteiger partial charge in [0.1, 0.15) is 5.82 Å². The first kappa shape index (κ1) is 12.5. The lowest BCUT2D eigenvalue weighted by atomic mass is 9.93. The number of aromatic nitrogens is 1. The molecular formula is C13H20FN3. The van der Waals surface area contributed by atoms with Crippen LogP contribution >= 0.6 is 0 Å². The summed E-state index contributed by atoms with van der Waals surface area (Å²) in [7, 11) is 0. The second-order valence-electron chi connectivity index (χ2n) is 5.04. The molecule has 2 rings (SSSR count). The Hall–Kier alpha value is -1.00. The topological polar surface area (TPSA) is 42.2 Å². The lowest BCUT2D eigenvalue weighted by Crippen LogP contribution is -2.46. The van der Waals surface area contributed by atoms with Gasteiger partial charge in [0.25, 0.3) is 0 Å². The molecule has 1 aliphatic heterocycles. The van der Waals surface area contributed by atoms with E-state index in [4.69, 9.17) is 5.73 Å². The molecule has 0 amide bonds. The Morgan fingerprint density at radius 1 is 1.53 bits per heavy atom. The van der Waals surface area contributed by atoms with E-state index in [0.29, 0.717) is 12.0 Å². The van der Waals surface area contributed by atoms with Crippen molar-refractivity contribution in [2.45, 2.75) is 32.4 Å². The van der Waals surface area contributed by atoms with Crippen LogP contribution in [0.25, 0.3) is 0 Å². The van der Waals surface area contributed by atoms with Gasteiger partial charge in [-0.1, -0.05) is 6.92 Å². The van der Waals surface area contributed by atoms with Crippen LogP contribution in [0.2, 0.25) is 0 Å². The molecular weight excluding hydrogens is 217 g/mol. The van der Waals surface area contributed by atoms with Crippen LogP contribution in [0.4, 0.5) is 4.39 Å². The van der Waals surface area contributed by atoms with Crippen molar-refractivity contribution >= 4 is 0 Å². The Morgan fingerprint density at radius 2 is 2.29 bits per heavy atom. The summed E-state index contributed by atoms with van der Waals surface area (Å²) in [5.41, 5.74) is 6.94. The first-order valence-electron chi connectivity index (χ1n) is 6.18. The van der Waals surface area contributed by atoms with Gasteiger partial charge >= 0.3 is 0 Å². The zero-order valence-corrected chi connectivity index (χ0v) is 10.4. The fourth-order valence-corrected chi connectivity index (χ4v) is 2.42. The van der Waals surface area contributed by atoms with E-state index in [-0.39, 0.29) is 11.9 Å². The second kappa shape index (κ2) is 5.10. The summed E-state index contributed by atoms with van der Waals surface area (Å²) in [5.74, 6) is 0.226. The summed E-state index contributed by atoms with van der Waals surface area (Å²) < 4.78 is 13.1. The first-order valence-corrected chi connectivity index (χ1v) is 6.18. The van der Waals surface area contributed by atoms with Gasteiger partial charge in [0.05, 0.1) is 6.20 Å². The second-order valence-corrected chi connectivity index (χ2v) is 5.04. The van der Waals surface area contributed by atoms with Crippen LogP contribution in [0.5, 0.6) is 0 Å². The standard InChI is InChI=1S/C13H20FN3/c1-9-8-17(4-3-13(9)15)10(2)11-5-12(14)7-16-6-11/h5-7,9-10,13H,3-4,8,15H2,1-2H3. The predicted molar refractivity (Wildman–Crippen MR) is 65.9 cm³/mol. The van der Waals surface area contributed by atoms with Crippen molar-refractivity contribution < 1.29 is 4.39 Å². The summed E-state index contributed by atoms with van der Waals surface area (Å²) in [6.45, 7) is 6.22. The van der Waals surface area contributed by atoms with E-state index >= 15 is 0 Å². The van der Waals surface area contributed by atoms with Gasteiger partial charge in [0, 0.05) is 31.4 Å². The van der Waals surface area contributed by atoms with Gasteiger partial charge < -0.3 is 5.73 Å². The van der Waals surface area contributed by atoms with E-state index in [1.807, 2.05) is 0 Å². The van der Waals surface area contributed by atoms with Crippen LogP contribution < -0.4 is 5.73 Å².